The minimum atomic E-state index is -0.875. The van der Waals surface area contributed by atoms with Gasteiger partial charge in [-0.3, -0.25) is 4.79 Å². The molecule has 2 amide bonds. The summed E-state index contributed by atoms with van der Waals surface area (Å²) >= 11 is 0. The predicted molar refractivity (Wildman–Crippen MR) is 105 cm³/mol. The first-order valence-corrected chi connectivity index (χ1v) is 9.74. The molecule has 1 aliphatic rings. The van der Waals surface area contributed by atoms with E-state index in [2.05, 4.69) is 10.6 Å². The Morgan fingerprint density at radius 3 is 2.41 bits per heavy atom. The van der Waals surface area contributed by atoms with Crippen molar-refractivity contribution in [3.8, 4) is 0 Å². The Balaban J connectivity index is 1.90. The molecule has 0 aromatic heterocycles. The number of amides is 2. The summed E-state index contributed by atoms with van der Waals surface area (Å²) in [4.78, 5) is 23.3. The molecule has 2 rings (SSSR count). The summed E-state index contributed by atoms with van der Waals surface area (Å²) in [5, 5.41) is 25.6. The van der Waals surface area contributed by atoms with Crippen LogP contribution in [0.5, 0.6) is 0 Å². The molecular formula is C21H32N2O4. The number of aliphatic carboxylic acids is 1. The van der Waals surface area contributed by atoms with E-state index in [-0.39, 0.29) is 18.5 Å². The fraction of sp³-hybridized carbons (Fsp3) is 0.619. The van der Waals surface area contributed by atoms with Gasteiger partial charge >= 0.3 is 12.0 Å². The molecule has 4 N–H and O–H groups in total. The number of hydrogen-bond acceptors (Lipinski definition) is 3. The highest BCUT2D eigenvalue weighted by Gasteiger charge is 2.45. The first-order chi connectivity index (χ1) is 12.7. The van der Waals surface area contributed by atoms with E-state index in [9.17, 15) is 14.7 Å². The monoisotopic (exact) mass is 376 g/mol. The Labute approximate surface area is 161 Å². The SMILES string of the molecule is CC(C)(CNC(=O)NC(CCC(=O)O)Cc1ccccc1)C1(O)CCCC1. The summed E-state index contributed by atoms with van der Waals surface area (Å²) in [6, 6.07) is 9.12. The maximum atomic E-state index is 12.4. The van der Waals surface area contributed by atoms with E-state index < -0.39 is 17.0 Å². The van der Waals surface area contributed by atoms with Crippen LogP contribution in [-0.4, -0.2) is 40.4 Å². The van der Waals surface area contributed by atoms with Crippen molar-refractivity contribution in [3.63, 3.8) is 0 Å². The van der Waals surface area contributed by atoms with E-state index in [0.717, 1.165) is 31.2 Å². The van der Waals surface area contributed by atoms with Crippen LogP contribution in [0.25, 0.3) is 0 Å². The van der Waals surface area contributed by atoms with Crippen LogP contribution in [0.15, 0.2) is 30.3 Å². The average molecular weight is 376 g/mol. The normalized spacial score (nSPS) is 17.3. The van der Waals surface area contributed by atoms with Crippen molar-refractivity contribution >= 4 is 12.0 Å². The topological polar surface area (TPSA) is 98.7 Å². The molecule has 0 radical (unpaired) electrons. The molecule has 1 saturated carbocycles. The molecule has 6 nitrogen and oxygen atoms in total. The number of carbonyl (C=O) groups excluding carboxylic acids is 1. The molecule has 1 aromatic carbocycles. The minimum absolute atomic E-state index is 0.00300. The lowest BCUT2D eigenvalue weighted by atomic mass is 9.73. The van der Waals surface area contributed by atoms with Gasteiger partial charge in [-0.15, -0.1) is 0 Å². The molecule has 0 spiro atoms. The Hall–Kier alpha value is -2.08. The molecule has 0 saturated heterocycles. The zero-order valence-electron chi connectivity index (χ0n) is 16.3. The van der Waals surface area contributed by atoms with Gasteiger partial charge in [0.25, 0.3) is 0 Å². The molecule has 1 aliphatic carbocycles. The highest BCUT2D eigenvalue weighted by atomic mass is 16.4. The average Bonchev–Trinajstić information content (AvgIpc) is 3.07. The molecule has 150 valence electrons. The van der Waals surface area contributed by atoms with Crippen molar-refractivity contribution in [2.24, 2.45) is 5.41 Å². The van der Waals surface area contributed by atoms with Crippen molar-refractivity contribution < 1.29 is 19.8 Å². The van der Waals surface area contributed by atoms with E-state index in [4.69, 9.17) is 5.11 Å². The molecule has 1 atom stereocenters. The lowest BCUT2D eigenvalue weighted by Gasteiger charge is -2.40. The van der Waals surface area contributed by atoms with E-state index in [1.54, 1.807) is 0 Å². The maximum absolute atomic E-state index is 12.4. The summed E-state index contributed by atoms with van der Waals surface area (Å²) in [6.45, 7) is 4.32. The molecule has 0 heterocycles. The van der Waals surface area contributed by atoms with Crippen molar-refractivity contribution in [3.05, 3.63) is 35.9 Å². The van der Waals surface area contributed by atoms with Gasteiger partial charge in [-0.25, -0.2) is 4.79 Å². The molecule has 0 bridgehead atoms. The van der Waals surface area contributed by atoms with Crippen LogP contribution in [0, 0.1) is 5.41 Å². The van der Waals surface area contributed by atoms with Gasteiger partial charge in [0.15, 0.2) is 0 Å². The van der Waals surface area contributed by atoms with Gasteiger partial charge in [-0.1, -0.05) is 57.0 Å². The van der Waals surface area contributed by atoms with Crippen molar-refractivity contribution in [2.45, 2.75) is 70.4 Å². The van der Waals surface area contributed by atoms with Crippen LogP contribution in [0.3, 0.4) is 0 Å². The number of nitrogens with one attached hydrogen (secondary N) is 2. The van der Waals surface area contributed by atoms with Crippen LogP contribution in [0.2, 0.25) is 0 Å². The molecular weight excluding hydrogens is 344 g/mol. The second-order valence-corrected chi connectivity index (χ2v) is 8.27. The first-order valence-electron chi connectivity index (χ1n) is 9.74. The quantitative estimate of drug-likeness (QED) is 0.532. The van der Waals surface area contributed by atoms with E-state index in [0.29, 0.717) is 19.4 Å². The second-order valence-electron chi connectivity index (χ2n) is 8.27. The zero-order valence-corrected chi connectivity index (χ0v) is 16.3. The number of rotatable bonds is 9. The second kappa shape index (κ2) is 9.22. The predicted octanol–water partition coefficient (Wildman–Crippen LogP) is 3.09. The van der Waals surface area contributed by atoms with Crippen molar-refractivity contribution in [1.29, 1.82) is 0 Å². The Morgan fingerprint density at radius 2 is 1.81 bits per heavy atom. The summed E-state index contributed by atoms with van der Waals surface area (Å²) in [5.74, 6) is -0.875. The molecule has 0 aliphatic heterocycles. The van der Waals surface area contributed by atoms with Gasteiger partial charge in [0.05, 0.1) is 5.60 Å². The molecule has 1 aromatic rings. The zero-order chi connectivity index (χ0) is 19.9. The fourth-order valence-electron chi connectivity index (χ4n) is 3.76. The Morgan fingerprint density at radius 1 is 1.19 bits per heavy atom. The van der Waals surface area contributed by atoms with Crippen LogP contribution in [0.1, 0.15) is 57.9 Å². The third-order valence-corrected chi connectivity index (χ3v) is 5.75. The highest BCUT2D eigenvalue weighted by molar-refractivity contribution is 5.74. The van der Waals surface area contributed by atoms with Gasteiger partial charge < -0.3 is 20.8 Å². The van der Waals surface area contributed by atoms with Crippen LogP contribution < -0.4 is 10.6 Å². The van der Waals surface area contributed by atoms with Crippen LogP contribution in [-0.2, 0) is 11.2 Å². The number of aliphatic hydroxyl groups is 1. The third kappa shape index (κ3) is 6.24. The van der Waals surface area contributed by atoms with E-state index in [1.807, 2.05) is 44.2 Å². The molecule has 6 heteroatoms. The number of urea groups is 1. The van der Waals surface area contributed by atoms with Gasteiger partial charge in [-0.05, 0) is 31.2 Å². The summed E-state index contributed by atoms with van der Waals surface area (Å²) in [7, 11) is 0. The van der Waals surface area contributed by atoms with Gasteiger partial charge in [-0.2, -0.15) is 0 Å². The number of hydrogen-bond donors (Lipinski definition) is 4. The summed E-state index contributed by atoms with van der Waals surface area (Å²) in [6.07, 6.45) is 4.50. The van der Waals surface area contributed by atoms with Gasteiger partial charge in [0.2, 0.25) is 0 Å². The lowest BCUT2D eigenvalue weighted by molar-refractivity contribution is -0.137. The van der Waals surface area contributed by atoms with Crippen molar-refractivity contribution in [2.75, 3.05) is 6.54 Å². The highest BCUT2D eigenvalue weighted by Crippen LogP contribution is 2.43. The lowest BCUT2D eigenvalue weighted by Crippen LogP contribution is -2.52. The summed E-state index contributed by atoms with van der Waals surface area (Å²) in [5.41, 5.74) is -0.113. The Kier molecular flexibility index (Phi) is 7.25. The fourth-order valence-corrected chi connectivity index (χ4v) is 3.76. The van der Waals surface area contributed by atoms with Gasteiger partial charge in [0.1, 0.15) is 0 Å². The number of carbonyl (C=O) groups is 2. The first kappa shape index (κ1) is 21.2. The Bertz CT molecular complexity index is 624. The minimum Gasteiger partial charge on any atom is -0.481 e. The molecule has 1 unspecified atom stereocenters. The standard InChI is InChI=1S/C21H32N2O4/c1-20(2,21(27)12-6-7-13-21)15-22-19(26)23-17(10-11-18(24)25)14-16-8-4-3-5-9-16/h3-5,8-9,17,27H,6-7,10-15H2,1-2H3,(H,24,25)(H2,22,23,26). The number of carboxylic acids is 1. The van der Waals surface area contributed by atoms with E-state index >= 15 is 0 Å². The largest absolute Gasteiger partial charge is 0.481 e. The number of benzene rings is 1. The van der Waals surface area contributed by atoms with Gasteiger partial charge in [0, 0.05) is 24.4 Å². The molecule has 27 heavy (non-hydrogen) atoms. The smallest absolute Gasteiger partial charge is 0.315 e. The maximum Gasteiger partial charge on any atom is 0.315 e. The van der Waals surface area contributed by atoms with Crippen LogP contribution >= 0.6 is 0 Å². The molecule has 1 fully saturated rings. The van der Waals surface area contributed by atoms with Crippen molar-refractivity contribution in [1.82, 2.24) is 10.6 Å². The number of carboxylic acid groups (broad SMARTS) is 1. The van der Waals surface area contributed by atoms with E-state index in [1.165, 1.54) is 0 Å². The van der Waals surface area contributed by atoms with Crippen LogP contribution in [0.4, 0.5) is 4.79 Å². The third-order valence-electron chi connectivity index (χ3n) is 5.75. The summed E-state index contributed by atoms with van der Waals surface area (Å²) < 4.78 is 0.